The number of benzene rings is 1. The van der Waals surface area contributed by atoms with Crippen molar-refractivity contribution >= 4 is 6.03 Å². The Labute approximate surface area is 130 Å². The van der Waals surface area contributed by atoms with E-state index >= 15 is 0 Å². The van der Waals surface area contributed by atoms with Crippen LogP contribution in [0.3, 0.4) is 0 Å². The number of carbonyl (C=O) groups is 1. The Balaban J connectivity index is 1.50. The molecule has 3 N–H and O–H groups in total. The van der Waals surface area contributed by atoms with Gasteiger partial charge in [-0.15, -0.1) is 0 Å². The van der Waals surface area contributed by atoms with Gasteiger partial charge in [-0.25, -0.2) is 4.79 Å². The highest BCUT2D eigenvalue weighted by Gasteiger charge is 2.41. The summed E-state index contributed by atoms with van der Waals surface area (Å²) in [7, 11) is 0. The van der Waals surface area contributed by atoms with E-state index in [1.807, 2.05) is 12.1 Å². The van der Waals surface area contributed by atoms with E-state index in [0.717, 1.165) is 17.9 Å². The molecule has 2 saturated carbocycles. The Kier molecular flexibility index (Phi) is 3.36. The van der Waals surface area contributed by atoms with Gasteiger partial charge >= 0.3 is 6.03 Å². The van der Waals surface area contributed by atoms with Crippen LogP contribution in [0.2, 0.25) is 0 Å². The van der Waals surface area contributed by atoms with Crippen molar-refractivity contribution < 1.29 is 14.6 Å². The number of hydrogen-bond acceptors (Lipinski definition) is 3. The molecule has 1 heterocycles. The second kappa shape index (κ2) is 5.38. The maximum atomic E-state index is 11.2. The first-order chi connectivity index (χ1) is 10.7. The van der Waals surface area contributed by atoms with E-state index in [-0.39, 0.29) is 23.8 Å². The van der Waals surface area contributed by atoms with Gasteiger partial charge in [0, 0.05) is 19.0 Å². The van der Waals surface area contributed by atoms with Gasteiger partial charge in [0.1, 0.15) is 6.10 Å². The molecule has 118 valence electrons. The number of ether oxygens (including phenoxy) is 1. The third-order valence-corrected chi connectivity index (χ3v) is 5.42. The molecule has 2 amide bonds. The van der Waals surface area contributed by atoms with Crippen LogP contribution in [-0.4, -0.2) is 30.3 Å². The molecule has 2 bridgehead atoms. The van der Waals surface area contributed by atoms with Gasteiger partial charge in [0.15, 0.2) is 11.5 Å². The van der Waals surface area contributed by atoms with Gasteiger partial charge in [-0.05, 0) is 55.2 Å². The minimum Gasteiger partial charge on any atom is -0.504 e. The van der Waals surface area contributed by atoms with Crippen LogP contribution >= 0.6 is 0 Å². The largest absolute Gasteiger partial charge is 0.504 e. The molecule has 3 aliphatic rings. The molecule has 3 atom stereocenters. The average molecular weight is 302 g/mol. The lowest BCUT2D eigenvalue weighted by molar-refractivity contribution is 0.134. The molecule has 1 aromatic carbocycles. The number of phenols is 1. The quantitative estimate of drug-likeness (QED) is 0.802. The Morgan fingerprint density at radius 3 is 2.64 bits per heavy atom. The predicted molar refractivity (Wildman–Crippen MR) is 82.1 cm³/mol. The van der Waals surface area contributed by atoms with Gasteiger partial charge in [-0.3, -0.25) is 0 Å². The smallest absolute Gasteiger partial charge is 0.314 e. The van der Waals surface area contributed by atoms with Crippen LogP contribution in [0.4, 0.5) is 4.79 Å². The number of fused-ring (bicyclic) bond motifs is 2. The third kappa shape index (κ3) is 2.49. The van der Waals surface area contributed by atoms with Crippen molar-refractivity contribution in [2.24, 2.45) is 11.8 Å². The molecule has 1 saturated heterocycles. The van der Waals surface area contributed by atoms with E-state index in [9.17, 15) is 9.90 Å². The zero-order valence-corrected chi connectivity index (χ0v) is 12.5. The summed E-state index contributed by atoms with van der Waals surface area (Å²) in [6.07, 6.45) is 5.25. The molecule has 4 rings (SSSR count). The molecule has 5 nitrogen and oxygen atoms in total. The van der Waals surface area contributed by atoms with E-state index in [1.54, 1.807) is 6.07 Å². The maximum absolute atomic E-state index is 11.2. The summed E-state index contributed by atoms with van der Waals surface area (Å²) in [5.41, 5.74) is 1.09. The molecule has 0 aromatic heterocycles. The first-order valence-electron chi connectivity index (χ1n) is 8.20. The van der Waals surface area contributed by atoms with Crippen molar-refractivity contribution in [1.82, 2.24) is 10.6 Å². The number of amides is 2. The lowest BCUT2D eigenvalue weighted by atomic mass is 9.96. The summed E-state index contributed by atoms with van der Waals surface area (Å²) in [6, 6.07) is 5.43. The monoisotopic (exact) mass is 302 g/mol. The van der Waals surface area contributed by atoms with Gasteiger partial charge in [0.2, 0.25) is 0 Å². The lowest BCUT2D eigenvalue weighted by Crippen LogP contribution is -2.47. The zero-order valence-electron chi connectivity index (χ0n) is 12.5. The minimum atomic E-state index is -0.117. The van der Waals surface area contributed by atoms with Gasteiger partial charge in [0.05, 0.1) is 0 Å². The Hall–Kier alpha value is -1.91. The highest BCUT2D eigenvalue weighted by atomic mass is 16.5. The summed E-state index contributed by atoms with van der Waals surface area (Å²) in [5.74, 6) is 2.48. The molecular formula is C17H22N2O3. The second-order valence-electron chi connectivity index (χ2n) is 6.85. The molecule has 22 heavy (non-hydrogen) atoms. The highest BCUT2D eigenvalue weighted by molar-refractivity contribution is 5.75. The first kappa shape index (κ1) is 13.7. The van der Waals surface area contributed by atoms with Crippen LogP contribution in [0, 0.1) is 11.8 Å². The van der Waals surface area contributed by atoms with E-state index in [1.165, 1.54) is 19.3 Å². The number of aromatic hydroxyl groups is 1. The van der Waals surface area contributed by atoms with Crippen LogP contribution in [-0.2, 0) is 0 Å². The number of carbonyl (C=O) groups excluding carboxylic acids is 1. The van der Waals surface area contributed by atoms with Gasteiger partial charge in [0.25, 0.3) is 0 Å². The number of nitrogens with one attached hydrogen (secondary N) is 2. The van der Waals surface area contributed by atoms with Crippen molar-refractivity contribution in [2.45, 2.75) is 37.7 Å². The number of urea groups is 1. The summed E-state index contributed by atoms with van der Waals surface area (Å²) in [6.45, 7) is 1.23. The van der Waals surface area contributed by atoms with Gasteiger partial charge in [-0.2, -0.15) is 0 Å². The zero-order chi connectivity index (χ0) is 15.1. The fraction of sp³-hybridized carbons (Fsp3) is 0.588. The van der Waals surface area contributed by atoms with Crippen molar-refractivity contribution in [1.29, 1.82) is 0 Å². The summed E-state index contributed by atoms with van der Waals surface area (Å²) in [4.78, 5) is 11.2. The van der Waals surface area contributed by atoms with Crippen LogP contribution in [0.1, 0.15) is 37.2 Å². The molecule has 5 heteroatoms. The molecule has 1 unspecified atom stereocenters. The van der Waals surface area contributed by atoms with Crippen molar-refractivity contribution in [3.8, 4) is 11.5 Å². The molecule has 1 aliphatic heterocycles. The van der Waals surface area contributed by atoms with Gasteiger partial charge in [-0.1, -0.05) is 6.07 Å². The average Bonchev–Trinajstić information content (AvgIpc) is 3.13. The first-order valence-corrected chi connectivity index (χ1v) is 8.20. The normalized spacial score (nSPS) is 30.9. The van der Waals surface area contributed by atoms with Crippen molar-refractivity contribution in [2.75, 3.05) is 13.1 Å². The molecular weight excluding hydrogens is 280 g/mol. The van der Waals surface area contributed by atoms with Gasteiger partial charge < -0.3 is 20.5 Å². The van der Waals surface area contributed by atoms with Crippen LogP contribution in [0.5, 0.6) is 11.5 Å². The second-order valence-corrected chi connectivity index (χ2v) is 6.85. The third-order valence-electron chi connectivity index (χ3n) is 5.42. The molecule has 3 fully saturated rings. The summed E-state index contributed by atoms with van der Waals surface area (Å²) < 4.78 is 6.13. The summed E-state index contributed by atoms with van der Waals surface area (Å²) >= 11 is 0. The number of rotatable bonds is 3. The number of phenolic OH excluding ortho intramolecular Hbond substituents is 1. The van der Waals surface area contributed by atoms with Crippen LogP contribution in [0.15, 0.2) is 18.2 Å². The Morgan fingerprint density at radius 2 is 1.95 bits per heavy atom. The van der Waals surface area contributed by atoms with E-state index in [4.69, 9.17) is 4.74 Å². The van der Waals surface area contributed by atoms with E-state index in [2.05, 4.69) is 10.6 Å². The predicted octanol–water partition coefficient (Wildman–Crippen LogP) is 2.36. The minimum absolute atomic E-state index is 0.117. The molecule has 0 spiro atoms. The van der Waals surface area contributed by atoms with Crippen molar-refractivity contribution in [3.63, 3.8) is 0 Å². The fourth-order valence-electron chi connectivity index (χ4n) is 4.18. The topological polar surface area (TPSA) is 70.6 Å². The van der Waals surface area contributed by atoms with Crippen LogP contribution < -0.4 is 15.4 Å². The number of hydrogen-bond donors (Lipinski definition) is 3. The summed E-state index contributed by atoms with van der Waals surface area (Å²) in [5, 5.41) is 15.7. The van der Waals surface area contributed by atoms with E-state index < -0.39 is 0 Å². The lowest BCUT2D eigenvalue weighted by Gasteiger charge is -2.26. The van der Waals surface area contributed by atoms with E-state index in [0.29, 0.717) is 24.8 Å². The Morgan fingerprint density at radius 1 is 1.14 bits per heavy atom. The molecule has 1 aromatic rings. The molecule has 2 aliphatic carbocycles. The standard InChI is InChI=1S/C17H22N2O3/c20-14-4-3-11(13-8-18-17(21)19-9-13)7-16(14)22-15-6-10-1-2-12(15)5-10/h3-4,7,10,12-13,15,20H,1-2,5-6,8-9H2,(H2,18,19,21)/t10-,12+,15?/m1/s1. The SMILES string of the molecule is O=C1NCC(c2ccc(O)c(OC3C[C@@H]4CC[C@H]3C4)c2)CN1. The molecule has 0 radical (unpaired) electrons. The van der Waals surface area contributed by atoms with Crippen LogP contribution in [0.25, 0.3) is 0 Å². The fourth-order valence-corrected chi connectivity index (χ4v) is 4.18. The van der Waals surface area contributed by atoms with Crippen molar-refractivity contribution in [3.05, 3.63) is 23.8 Å². The highest BCUT2D eigenvalue weighted by Crippen LogP contribution is 2.47. The maximum Gasteiger partial charge on any atom is 0.314 e. The Bertz CT molecular complexity index is 579.